The molecule has 0 fully saturated rings. The molecule has 0 unspecified atom stereocenters. The second-order valence-electron chi connectivity index (χ2n) is 3.27. The maximum absolute atomic E-state index is 12.0. The molecule has 86 valence electrons. The van der Waals surface area contributed by atoms with Crippen LogP contribution in [0.4, 0.5) is 5.69 Å². The van der Waals surface area contributed by atoms with Gasteiger partial charge in [0.15, 0.2) is 0 Å². The molecule has 2 rings (SSSR count). The maximum atomic E-state index is 12.0. The Bertz CT molecular complexity index is 594. The SMILES string of the molecule is O=C(c1cccc([N+](=O)[O-])c1)c1cc(Cl)cs1. The van der Waals surface area contributed by atoms with Crippen molar-refractivity contribution in [3.05, 3.63) is 61.3 Å². The van der Waals surface area contributed by atoms with Gasteiger partial charge in [0.2, 0.25) is 5.78 Å². The summed E-state index contributed by atoms with van der Waals surface area (Å²) in [7, 11) is 0. The van der Waals surface area contributed by atoms with Crippen LogP contribution in [0.5, 0.6) is 0 Å². The van der Waals surface area contributed by atoms with E-state index >= 15 is 0 Å². The lowest BCUT2D eigenvalue weighted by atomic mass is 10.1. The van der Waals surface area contributed by atoms with Gasteiger partial charge in [-0.3, -0.25) is 14.9 Å². The first kappa shape index (κ1) is 11.8. The molecule has 0 N–H and O–H groups in total. The molecule has 0 radical (unpaired) electrons. The van der Waals surface area contributed by atoms with Gasteiger partial charge in [-0.2, -0.15) is 0 Å². The number of nitrogens with zero attached hydrogens (tertiary/aromatic N) is 1. The van der Waals surface area contributed by atoms with E-state index in [0.29, 0.717) is 9.90 Å². The highest BCUT2D eigenvalue weighted by atomic mass is 35.5. The molecule has 4 nitrogen and oxygen atoms in total. The number of hydrogen-bond donors (Lipinski definition) is 0. The second kappa shape index (κ2) is 4.65. The van der Waals surface area contributed by atoms with E-state index in [0.717, 1.165) is 0 Å². The lowest BCUT2D eigenvalue weighted by Gasteiger charge is -1.97. The van der Waals surface area contributed by atoms with Crippen molar-refractivity contribution in [2.24, 2.45) is 0 Å². The average Bonchev–Trinajstić information content (AvgIpc) is 2.75. The maximum Gasteiger partial charge on any atom is 0.270 e. The minimum Gasteiger partial charge on any atom is -0.288 e. The van der Waals surface area contributed by atoms with Crippen LogP contribution in [-0.2, 0) is 0 Å². The molecule has 0 aliphatic heterocycles. The van der Waals surface area contributed by atoms with E-state index < -0.39 is 4.92 Å². The normalized spacial score (nSPS) is 10.2. The summed E-state index contributed by atoms with van der Waals surface area (Å²) in [6, 6.07) is 7.19. The molecule has 1 aromatic heterocycles. The molecule has 0 spiro atoms. The molecule has 0 saturated carbocycles. The topological polar surface area (TPSA) is 60.2 Å². The molecule has 0 aliphatic carbocycles. The van der Waals surface area contributed by atoms with Gasteiger partial charge >= 0.3 is 0 Å². The van der Waals surface area contributed by atoms with E-state index in [1.54, 1.807) is 17.5 Å². The summed E-state index contributed by atoms with van der Waals surface area (Å²) < 4.78 is 0. The van der Waals surface area contributed by atoms with E-state index in [4.69, 9.17) is 11.6 Å². The van der Waals surface area contributed by atoms with E-state index in [1.807, 2.05) is 0 Å². The number of nitro groups is 1. The van der Waals surface area contributed by atoms with Gasteiger partial charge in [0.1, 0.15) is 0 Å². The van der Waals surface area contributed by atoms with Crippen LogP contribution in [0.15, 0.2) is 35.7 Å². The summed E-state index contributed by atoms with van der Waals surface area (Å²) in [4.78, 5) is 22.5. The number of halogens is 1. The summed E-state index contributed by atoms with van der Waals surface area (Å²) in [5.74, 6) is -0.259. The van der Waals surface area contributed by atoms with Gasteiger partial charge in [-0.15, -0.1) is 11.3 Å². The molecule has 6 heteroatoms. The standard InChI is InChI=1S/C11H6ClNO3S/c12-8-5-10(17-6-8)11(14)7-2-1-3-9(4-7)13(15)16/h1-6H. The lowest BCUT2D eigenvalue weighted by molar-refractivity contribution is -0.384. The Morgan fingerprint density at radius 3 is 2.71 bits per heavy atom. The Kier molecular flexibility index (Phi) is 3.21. The third-order valence-electron chi connectivity index (χ3n) is 2.11. The van der Waals surface area contributed by atoms with Gasteiger partial charge in [-0.25, -0.2) is 0 Å². The minimum atomic E-state index is -0.530. The number of carbonyl (C=O) groups excluding carboxylic acids is 1. The molecule has 0 aliphatic rings. The zero-order chi connectivity index (χ0) is 12.4. The molecule has 2 aromatic rings. The molecule has 0 bridgehead atoms. The van der Waals surface area contributed by atoms with E-state index in [9.17, 15) is 14.9 Å². The molecular formula is C11H6ClNO3S. The first-order chi connectivity index (χ1) is 8.08. The van der Waals surface area contributed by atoms with Crippen LogP contribution in [0.2, 0.25) is 5.02 Å². The molecule has 0 atom stereocenters. The molecular weight excluding hydrogens is 262 g/mol. The predicted molar refractivity (Wildman–Crippen MR) is 65.9 cm³/mol. The number of nitro benzene ring substituents is 1. The number of carbonyl (C=O) groups is 1. The molecule has 0 saturated heterocycles. The van der Waals surface area contributed by atoms with Crippen molar-refractivity contribution in [1.29, 1.82) is 0 Å². The highest BCUT2D eigenvalue weighted by Crippen LogP contribution is 2.23. The van der Waals surface area contributed by atoms with Crippen molar-refractivity contribution in [2.75, 3.05) is 0 Å². The first-order valence-corrected chi connectivity index (χ1v) is 5.87. The second-order valence-corrected chi connectivity index (χ2v) is 4.61. The van der Waals surface area contributed by atoms with E-state index in [2.05, 4.69) is 0 Å². The summed E-state index contributed by atoms with van der Waals surface area (Å²) in [6.45, 7) is 0. The van der Waals surface area contributed by atoms with Crippen molar-refractivity contribution < 1.29 is 9.72 Å². The Morgan fingerprint density at radius 2 is 2.12 bits per heavy atom. The zero-order valence-corrected chi connectivity index (χ0v) is 9.99. The first-order valence-electron chi connectivity index (χ1n) is 4.61. The number of thiophene rings is 1. The van der Waals surface area contributed by atoms with Gasteiger partial charge in [0, 0.05) is 23.1 Å². The number of non-ortho nitro benzene ring substituents is 1. The van der Waals surface area contributed by atoms with Crippen LogP contribution >= 0.6 is 22.9 Å². The monoisotopic (exact) mass is 267 g/mol. The van der Waals surface area contributed by atoms with Gasteiger partial charge in [0.25, 0.3) is 5.69 Å². The zero-order valence-electron chi connectivity index (χ0n) is 8.42. The van der Waals surface area contributed by atoms with Crippen molar-refractivity contribution in [2.45, 2.75) is 0 Å². The molecule has 1 aromatic carbocycles. The Balaban J connectivity index is 2.37. The largest absolute Gasteiger partial charge is 0.288 e. The van der Waals surface area contributed by atoms with Gasteiger partial charge < -0.3 is 0 Å². The number of hydrogen-bond acceptors (Lipinski definition) is 4. The van der Waals surface area contributed by atoms with Crippen molar-refractivity contribution in [1.82, 2.24) is 0 Å². The third kappa shape index (κ3) is 2.51. The quantitative estimate of drug-likeness (QED) is 0.485. The van der Waals surface area contributed by atoms with Gasteiger partial charge in [0.05, 0.1) is 14.8 Å². The predicted octanol–water partition coefficient (Wildman–Crippen LogP) is 3.54. The highest BCUT2D eigenvalue weighted by molar-refractivity contribution is 7.12. The van der Waals surface area contributed by atoms with E-state index in [1.165, 1.54) is 29.5 Å². The number of benzene rings is 1. The van der Waals surface area contributed by atoms with Gasteiger partial charge in [-0.05, 0) is 6.07 Å². The van der Waals surface area contributed by atoms with Crippen LogP contribution in [0.3, 0.4) is 0 Å². The fourth-order valence-electron chi connectivity index (χ4n) is 1.34. The van der Waals surface area contributed by atoms with Crippen LogP contribution in [0.25, 0.3) is 0 Å². The molecule has 1 heterocycles. The summed E-state index contributed by atoms with van der Waals surface area (Å²) in [5, 5.41) is 12.7. The number of rotatable bonds is 3. The van der Waals surface area contributed by atoms with Crippen molar-refractivity contribution >= 4 is 34.4 Å². The Hall–Kier alpha value is -1.72. The Morgan fingerprint density at radius 1 is 1.35 bits per heavy atom. The fraction of sp³-hybridized carbons (Fsp3) is 0. The van der Waals surface area contributed by atoms with Crippen LogP contribution in [0, 0.1) is 10.1 Å². The summed E-state index contributed by atoms with van der Waals surface area (Å²) >= 11 is 6.94. The summed E-state index contributed by atoms with van der Waals surface area (Å²) in [5.41, 5.74) is 0.191. The summed E-state index contributed by atoms with van der Waals surface area (Å²) in [6.07, 6.45) is 0. The van der Waals surface area contributed by atoms with E-state index in [-0.39, 0.29) is 17.0 Å². The molecule has 0 amide bonds. The smallest absolute Gasteiger partial charge is 0.270 e. The van der Waals surface area contributed by atoms with Crippen LogP contribution < -0.4 is 0 Å². The number of ketones is 1. The average molecular weight is 268 g/mol. The third-order valence-corrected chi connectivity index (χ3v) is 3.39. The Labute approximate surface area is 106 Å². The van der Waals surface area contributed by atoms with Crippen LogP contribution in [0.1, 0.15) is 15.2 Å². The van der Waals surface area contributed by atoms with Crippen molar-refractivity contribution in [3.63, 3.8) is 0 Å². The minimum absolute atomic E-state index is 0.0986. The van der Waals surface area contributed by atoms with Crippen LogP contribution in [-0.4, -0.2) is 10.7 Å². The fourth-order valence-corrected chi connectivity index (χ4v) is 2.37. The molecule has 17 heavy (non-hydrogen) atoms. The highest BCUT2D eigenvalue weighted by Gasteiger charge is 2.14. The van der Waals surface area contributed by atoms with Crippen molar-refractivity contribution in [3.8, 4) is 0 Å². The lowest BCUT2D eigenvalue weighted by Crippen LogP contribution is -1.99. The van der Waals surface area contributed by atoms with Gasteiger partial charge in [-0.1, -0.05) is 23.7 Å².